The van der Waals surface area contributed by atoms with Crippen molar-refractivity contribution in [1.29, 1.82) is 0 Å². The minimum absolute atomic E-state index is 0.248. The predicted octanol–water partition coefficient (Wildman–Crippen LogP) is 0.883. The Hall–Kier alpha value is -0.560. The monoisotopic (exact) mass is 272 g/mol. The fraction of sp³-hybridized carbons (Fsp3) is 0.455. The van der Waals surface area contributed by atoms with Crippen LogP contribution in [0.25, 0.3) is 0 Å². The van der Waals surface area contributed by atoms with E-state index in [0.29, 0.717) is 6.54 Å². The molecule has 1 fully saturated rings. The zero-order valence-corrected chi connectivity index (χ0v) is 11.1. The number of rotatable bonds is 3. The fourth-order valence-electron chi connectivity index (χ4n) is 1.91. The SMILES string of the molecule is NS(=O)(=O)c1ccccc1CN1CCSCC1. The van der Waals surface area contributed by atoms with Gasteiger partial charge in [0.25, 0.3) is 0 Å². The lowest BCUT2D eigenvalue weighted by Gasteiger charge is -2.26. The van der Waals surface area contributed by atoms with Gasteiger partial charge in [-0.3, -0.25) is 4.90 Å². The number of hydrogen-bond donors (Lipinski definition) is 1. The number of primary sulfonamides is 1. The van der Waals surface area contributed by atoms with Crippen molar-refractivity contribution < 1.29 is 8.42 Å². The van der Waals surface area contributed by atoms with Crippen molar-refractivity contribution in [2.75, 3.05) is 24.6 Å². The third-order valence-corrected chi connectivity index (χ3v) is 4.73. The van der Waals surface area contributed by atoms with E-state index in [9.17, 15) is 8.42 Å². The quantitative estimate of drug-likeness (QED) is 0.887. The van der Waals surface area contributed by atoms with Gasteiger partial charge in [0.1, 0.15) is 0 Å². The average molecular weight is 272 g/mol. The van der Waals surface area contributed by atoms with E-state index in [1.807, 2.05) is 23.9 Å². The molecule has 0 atom stereocenters. The number of nitrogens with two attached hydrogens (primary N) is 1. The Balaban J connectivity index is 2.20. The molecule has 94 valence electrons. The van der Waals surface area contributed by atoms with Crippen molar-refractivity contribution in [3.05, 3.63) is 29.8 Å². The van der Waals surface area contributed by atoms with Crippen molar-refractivity contribution in [1.82, 2.24) is 4.90 Å². The van der Waals surface area contributed by atoms with Crippen molar-refractivity contribution in [2.24, 2.45) is 5.14 Å². The van der Waals surface area contributed by atoms with Crippen LogP contribution in [-0.2, 0) is 16.6 Å². The van der Waals surface area contributed by atoms with Gasteiger partial charge < -0.3 is 0 Å². The van der Waals surface area contributed by atoms with Gasteiger partial charge in [0.15, 0.2) is 0 Å². The summed E-state index contributed by atoms with van der Waals surface area (Å²) in [6.07, 6.45) is 0. The number of thioether (sulfide) groups is 1. The molecule has 4 nitrogen and oxygen atoms in total. The van der Waals surface area contributed by atoms with Gasteiger partial charge in [-0.05, 0) is 11.6 Å². The van der Waals surface area contributed by atoms with E-state index in [2.05, 4.69) is 4.90 Å². The van der Waals surface area contributed by atoms with Gasteiger partial charge in [0, 0.05) is 31.1 Å². The maximum absolute atomic E-state index is 11.5. The van der Waals surface area contributed by atoms with Crippen LogP contribution in [0.5, 0.6) is 0 Å². The fourth-order valence-corrected chi connectivity index (χ4v) is 3.66. The first-order chi connectivity index (χ1) is 8.07. The second-order valence-corrected chi connectivity index (χ2v) is 6.80. The summed E-state index contributed by atoms with van der Waals surface area (Å²) in [5.41, 5.74) is 0.793. The highest BCUT2D eigenvalue weighted by Gasteiger charge is 2.17. The molecule has 1 heterocycles. The Morgan fingerprint density at radius 3 is 2.53 bits per heavy atom. The van der Waals surface area contributed by atoms with E-state index in [1.165, 1.54) is 0 Å². The molecule has 2 N–H and O–H groups in total. The minimum atomic E-state index is -3.62. The molecule has 0 bridgehead atoms. The minimum Gasteiger partial charge on any atom is -0.297 e. The van der Waals surface area contributed by atoms with E-state index >= 15 is 0 Å². The first-order valence-corrected chi connectivity index (χ1v) is 8.18. The van der Waals surface area contributed by atoms with Crippen LogP contribution in [0.3, 0.4) is 0 Å². The molecule has 0 aromatic heterocycles. The van der Waals surface area contributed by atoms with Crippen LogP contribution in [0.2, 0.25) is 0 Å². The number of benzene rings is 1. The highest BCUT2D eigenvalue weighted by molar-refractivity contribution is 7.99. The zero-order chi connectivity index (χ0) is 12.3. The van der Waals surface area contributed by atoms with Crippen molar-refractivity contribution in [3.8, 4) is 0 Å². The molecule has 0 spiro atoms. The van der Waals surface area contributed by atoms with Crippen LogP contribution in [0.1, 0.15) is 5.56 Å². The van der Waals surface area contributed by atoms with Gasteiger partial charge in [-0.25, -0.2) is 13.6 Å². The molecule has 2 rings (SSSR count). The second kappa shape index (κ2) is 5.39. The molecule has 1 saturated heterocycles. The Morgan fingerprint density at radius 2 is 1.88 bits per heavy atom. The molecular weight excluding hydrogens is 256 g/mol. The summed E-state index contributed by atoms with van der Waals surface area (Å²) in [5.74, 6) is 2.22. The third-order valence-electron chi connectivity index (χ3n) is 2.78. The largest absolute Gasteiger partial charge is 0.297 e. The summed E-state index contributed by atoms with van der Waals surface area (Å²) >= 11 is 1.93. The molecule has 0 aliphatic carbocycles. The summed E-state index contributed by atoms with van der Waals surface area (Å²) < 4.78 is 22.9. The normalized spacial score (nSPS) is 18.2. The Morgan fingerprint density at radius 1 is 1.24 bits per heavy atom. The van der Waals surface area contributed by atoms with E-state index in [4.69, 9.17) is 5.14 Å². The van der Waals surface area contributed by atoms with Gasteiger partial charge in [-0.2, -0.15) is 11.8 Å². The van der Waals surface area contributed by atoms with Gasteiger partial charge in [-0.15, -0.1) is 0 Å². The van der Waals surface area contributed by atoms with Crippen LogP contribution >= 0.6 is 11.8 Å². The molecule has 1 aliphatic heterocycles. The van der Waals surface area contributed by atoms with Crippen molar-refractivity contribution in [2.45, 2.75) is 11.4 Å². The summed E-state index contributed by atoms with van der Waals surface area (Å²) in [4.78, 5) is 2.51. The Kier molecular flexibility index (Phi) is 4.09. The van der Waals surface area contributed by atoms with Crippen LogP contribution in [0, 0.1) is 0 Å². The smallest absolute Gasteiger partial charge is 0.238 e. The third kappa shape index (κ3) is 3.45. The van der Waals surface area contributed by atoms with Gasteiger partial charge in [0.05, 0.1) is 4.90 Å². The molecule has 0 unspecified atom stereocenters. The highest BCUT2D eigenvalue weighted by Crippen LogP contribution is 2.18. The molecule has 0 radical (unpaired) electrons. The maximum Gasteiger partial charge on any atom is 0.238 e. The summed E-state index contributed by atoms with van der Waals surface area (Å²) in [5, 5.41) is 5.21. The molecule has 1 aliphatic rings. The zero-order valence-electron chi connectivity index (χ0n) is 9.50. The number of hydrogen-bond acceptors (Lipinski definition) is 4. The number of nitrogens with zero attached hydrogens (tertiary/aromatic N) is 1. The van der Waals surface area contributed by atoms with Gasteiger partial charge in [0.2, 0.25) is 10.0 Å². The topological polar surface area (TPSA) is 63.4 Å². The maximum atomic E-state index is 11.5. The molecule has 0 amide bonds. The van der Waals surface area contributed by atoms with Gasteiger partial charge in [-0.1, -0.05) is 18.2 Å². The molecule has 1 aromatic carbocycles. The summed E-state index contributed by atoms with van der Waals surface area (Å²) in [6, 6.07) is 6.96. The van der Waals surface area contributed by atoms with E-state index in [1.54, 1.807) is 12.1 Å². The predicted molar refractivity (Wildman–Crippen MR) is 70.4 cm³/mol. The summed E-state index contributed by atoms with van der Waals surface area (Å²) in [7, 11) is -3.62. The first kappa shape index (κ1) is 12.9. The Bertz CT molecular complexity index is 482. The molecule has 17 heavy (non-hydrogen) atoms. The Labute approximate surface area is 106 Å². The second-order valence-electron chi connectivity index (χ2n) is 4.04. The van der Waals surface area contributed by atoms with Gasteiger partial charge >= 0.3 is 0 Å². The van der Waals surface area contributed by atoms with E-state index < -0.39 is 10.0 Å². The molecule has 6 heteroatoms. The molecular formula is C11H16N2O2S2. The van der Waals surface area contributed by atoms with Crippen LogP contribution < -0.4 is 5.14 Å². The standard InChI is InChI=1S/C11H16N2O2S2/c12-17(14,15)11-4-2-1-3-10(11)9-13-5-7-16-8-6-13/h1-4H,5-9H2,(H2,12,14,15). The highest BCUT2D eigenvalue weighted by atomic mass is 32.2. The van der Waals surface area contributed by atoms with Crippen LogP contribution in [0.15, 0.2) is 29.2 Å². The number of sulfonamides is 1. The van der Waals surface area contributed by atoms with Crippen LogP contribution in [-0.4, -0.2) is 37.9 Å². The molecule has 1 aromatic rings. The average Bonchev–Trinajstić information content (AvgIpc) is 2.30. The lowest BCUT2D eigenvalue weighted by molar-refractivity contribution is 0.292. The van der Waals surface area contributed by atoms with E-state index in [0.717, 1.165) is 30.2 Å². The lowest BCUT2D eigenvalue weighted by Crippen LogP contribution is -2.32. The van der Waals surface area contributed by atoms with E-state index in [-0.39, 0.29) is 4.90 Å². The van der Waals surface area contributed by atoms with Crippen molar-refractivity contribution in [3.63, 3.8) is 0 Å². The first-order valence-electron chi connectivity index (χ1n) is 5.48. The summed E-state index contributed by atoms with van der Waals surface area (Å²) in [6.45, 7) is 2.67. The van der Waals surface area contributed by atoms with Crippen molar-refractivity contribution >= 4 is 21.8 Å². The lowest BCUT2D eigenvalue weighted by atomic mass is 10.2. The molecule has 0 saturated carbocycles. The van der Waals surface area contributed by atoms with Crippen LogP contribution in [0.4, 0.5) is 0 Å².